The van der Waals surface area contributed by atoms with E-state index in [1.807, 2.05) is 24.4 Å². The number of thiophene rings is 1. The fraction of sp³-hybridized carbons (Fsp3) is 0.143. The molecule has 162 valence electrons. The second-order valence-electron chi connectivity index (χ2n) is 6.20. The van der Waals surface area contributed by atoms with Gasteiger partial charge in [-0.2, -0.15) is 5.10 Å². The number of hydrogen-bond donors (Lipinski definition) is 1. The summed E-state index contributed by atoms with van der Waals surface area (Å²) in [6, 6.07) is 16.5. The highest BCUT2D eigenvalue weighted by Gasteiger charge is 2.27. The third-order valence-electron chi connectivity index (χ3n) is 4.05. The van der Waals surface area contributed by atoms with Crippen LogP contribution < -0.4 is 14.5 Å². The molecule has 10 heteroatoms. The first-order valence-corrected chi connectivity index (χ1v) is 12.4. The maximum atomic E-state index is 13.3. The summed E-state index contributed by atoms with van der Waals surface area (Å²) >= 11 is 4.77. The predicted octanol–water partition coefficient (Wildman–Crippen LogP) is 4.25. The Labute approximate surface area is 193 Å². The van der Waals surface area contributed by atoms with Gasteiger partial charge in [0.15, 0.2) is 0 Å². The molecule has 0 fully saturated rings. The average Bonchev–Trinajstić information content (AvgIpc) is 3.27. The van der Waals surface area contributed by atoms with E-state index in [0.29, 0.717) is 18.0 Å². The molecule has 0 aliphatic rings. The molecule has 1 aromatic heterocycles. The minimum Gasteiger partial charge on any atom is -0.494 e. The van der Waals surface area contributed by atoms with Crippen molar-refractivity contribution in [1.29, 1.82) is 0 Å². The Kier molecular flexibility index (Phi) is 7.83. The quantitative estimate of drug-likeness (QED) is 0.336. The molecule has 3 rings (SSSR count). The third kappa shape index (κ3) is 6.16. The molecule has 0 saturated carbocycles. The zero-order chi connectivity index (χ0) is 22.3. The van der Waals surface area contributed by atoms with E-state index in [4.69, 9.17) is 4.74 Å². The Hall–Kier alpha value is -2.69. The van der Waals surface area contributed by atoms with Crippen LogP contribution in [0.15, 0.2) is 80.5 Å². The van der Waals surface area contributed by atoms with Gasteiger partial charge in [0.25, 0.3) is 15.9 Å². The van der Waals surface area contributed by atoms with Crippen molar-refractivity contribution in [3.05, 3.63) is 75.4 Å². The van der Waals surface area contributed by atoms with Crippen molar-refractivity contribution in [2.24, 2.45) is 5.10 Å². The number of ether oxygens (including phenoxy) is 1. The van der Waals surface area contributed by atoms with Gasteiger partial charge in [0.1, 0.15) is 12.3 Å². The summed E-state index contributed by atoms with van der Waals surface area (Å²) in [5.74, 6) is 0.0413. The number of nitrogens with zero attached hydrogens (tertiary/aromatic N) is 2. The van der Waals surface area contributed by atoms with E-state index < -0.39 is 22.5 Å². The van der Waals surface area contributed by atoms with E-state index in [2.05, 4.69) is 26.5 Å². The van der Waals surface area contributed by atoms with Crippen LogP contribution in [0.4, 0.5) is 5.69 Å². The topological polar surface area (TPSA) is 88.1 Å². The lowest BCUT2D eigenvalue weighted by molar-refractivity contribution is -0.119. The summed E-state index contributed by atoms with van der Waals surface area (Å²) in [6.07, 6.45) is 1.51. The predicted molar refractivity (Wildman–Crippen MR) is 126 cm³/mol. The van der Waals surface area contributed by atoms with Crippen LogP contribution in [-0.2, 0) is 14.8 Å². The molecule has 1 N–H and O–H groups in total. The molecular formula is C21H20BrN3O4S2. The Morgan fingerprint density at radius 2 is 1.87 bits per heavy atom. The minimum absolute atomic E-state index is 0.0690. The number of sulfonamides is 1. The molecule has 1 heterocycles. The monoisotopic (exact) mass is 521 g/mol. The number of hydrazone groups is 1. The number of carbonyl (C=O) groups is 1. The molecule has 1 amide bonds. The van der Waals surface area contributed by atoms with Gasteiger partial charge >= 0.3 is 0 Å². The van der Waals surface area contributed by atoms with Crippen LogP contribution in [0.1, 0.15) is 11.8 Å². The highest BCUT2D eigenvalue weighted by Crippen LogP contribution is 2.26. The normalized spacial score (nSPS) is 11.4. The number of rotatable bonds is 9. The van der Waals surface area contributed by atoms with Gasteiger partial charge in [-0.15, -0.1) is 11.3 Å². The van der Waals surface area contributed by atoms with E-state index in [1.54, 1.807) is 36.4 Å². The largest absolute Gasteiger partial charge is 0.494 e. The number of benzene rings is 2. The number of anilines is 1. The molecule has 0 aliphatic heterocycles. The molecule has 3 aromatic rings. The fourth-order valence-corrected chi connectivity index (χ4v) is 4.89. The molecule has 0 aliphatic carbocycles. The summed E-state index contributed by atoms with van der Waals surface area (Å²) in [7, 11) is -4.00. The molecule has 31 heavy (non-hydrogen) atoms. The second-order valence-corrected chi connectivity index (χ2v) is 9.96. The Balaban J connectivity index is 1.86. The molecule has 0 spiro atoms. The molecule has 0 unspecified atom stereocenters. The van der Waals surface area contributed by atoms with Crippen LogP contribution in [0.5, 0.6) is 5.75 Å². The SMILES string of the molecule is CCOc1ccc(N(CC(=O)N/N=C\c2cccs2)S(=O)(=O)c2ccc(Br)cc2)cc1. The zero-order valence-corrected chi connectivity index (χ0v) is 19.8. The van der Waals surface area contributed by atoms with Gasteiger partial charge < -0.3 is 4.74 Å². The van der Waals surface area contributed by atoms with Gasteiger partial charge in [-0.3, -0.25) is 9.10 Å². The van der Waals surface area contributed by atoms with Crippen LogP contribution in [0, 0.1) is 0 Å². The van der Waals surface area contributed by atoms with Crippen molar-refractivity contribution < 1.29 is 17.9 Å². The third-order valence-corrected chi connectivity index (χ3v) is 7.17. The van der Waals surface area contributed by atoms with E-state index in [9.17, 15) is 13.2 Å². The summed E-state index contributed by atoms with van der Waals surface area (Å²) in [5, 5.41) is 5.79. The van der Waals surface area contributed by atoms with Gasteiger partial charge in [-0.25, -0.2) is 13.8 Å². The minimum atomic E-state index is -4.00. The second kappa shape index (κ2) is 10.6. The highest BCUT2D eigenvalue weighted by molar-refractivity contribution is 9.10. The summed E-state index contributed by atoms with van der Waals surface area (Å²) < 4.78 is 33.8. The number of carbonyl (C=O) groups excluding carboxylic acids is 1. The average molecular weight is 522 g/mol. The van der Waals surface area contributed by atoms with E-state index >= 15 is 0 Å². The smallest absolute Gasteiger partial charge is 0.264 e. The first-order chi connectivity index (χ1) is 14.9. The van der Waals surface area contributed by atoms with Crippen LogP contribution in [0.2, 0.25) is 0 Å². The number of nitrogens with one attached hydrogen (secondary N) is 1. The van der Waals surface area contributed by atoms with Crippen molar-refractivity contribution in [2.45, 2.75) is 11.8 Å². The zero-order valence-electron chi connectivity index (χ0n) is 16.6. The molecule has 0 saturated heterocycles. The van der Waals surface area contributed by atoms with Crippen molar-refractivity contribution in [1.82, 2.24) is 5.43 Å². The van der Waals surface area contributed by atoms with Crippen molar-refractivity contribution in [3.63, 3.8) is 0 Å². The van der Waals surface area contributed by atoms with E-state index in [1.165, 1.54) is 29.7 Å². The number of hydrogen-bond acceptors (Lipinski definition) is 6. The maximum Gasteiger partial charge on any atom is 0.264 e. The Morgan fingerprint density at radius 3 is 2.48 bits per heavy atom. The van der Waals surface area contributed by atoms with Gasteiger partial charge in [0, 0.05) is 9.35 Å². The molecule has 2 aromatic carbocycles. The molecule has 0 atom stereocenters. The first-order valence-electron chi connectivity index (χ1n) is 9.26. The summed E-state index contributed by atoms with van der Waals surface area (Å²) in [6.45, 7) is 1.91. The lowest BCUT2D eigenvalue weighted by Crippen LogP contribution is -2.39. The van der Waals surface area contributed by atoms with Crippen LogP contribution >= 0.6 is 27.3 Å². The number of halogens is 1. The van der Waals surface area contributed by atoms with Crippen LogP contribution in [0.25, 0.3) is 0 Å². The van der Waals surface area contributed by atoms with Crippen molar-refractivity contribution >= 4 is 55.1 Å². The molecule has 0 bridgehead atoms. The summed E-state index contributed by atoms with van der Waals surface area (Å²) in [4.78, 5) is 13.4. The maximum absolute atomic E-state index is 13.3. The van der Waals surface area contributed by atoms with Crippen LogP contribution in [0.3, 0.4) is 0 Å². The van der Waals surface area contributed by atoms with Crippen molar-refractivity contribution in [2.75, 3.05) is 17.5 Å². The molecule has 0 radical (unpaired) electrons. The van der Waals surface area contributed by atoms with Crippen LogP contribution in [-0.4, -0.2) is 33.7 Å². The lowest BCUT2D eigenvalue weighted by atomic mass is 10.3. The molecular weight excluding hydrogens is 502 g/mol. The van der Waals surface area contributed by atoms with E-state index in [-0.39, 0.29) is 4.90 Å². The molecule has 7 nitrogen and oxygen atoms in total. The Morgan fingerprint density at radius 1 is 1.16 bits per heavy atom. The van der Waals surface area contributed by atoms with Crippen molar-refractivity contribution in [3.8, 4) is 5.75 Å². The Bertz CT molecular complexity index is 1130. The lowest BCUT2D eigenvalue weighted by Gasteiger charge is -2.24. The van der Waals surface area contributed by atoms with E-state index in [0.717, 1.165) is 13.7 Å². The summed E-state index contributed by atoms with van der Waals surface area (Å²) in [5.41, 5.74) is 2.72. The van der Waals surface area contributed by atoms with Gasteiger partial charge in [-0.05, 0) is 66.9 Å². The highest BCUT2D eigenvalue weighted by atomic mass is 79.9. The number of amides is 1. The first kappa shape index (κ1) is 23.0. The van der Waals surface area contributed by atoms with Gasteiger partial charge in [0.2, 0.25) is 0 Å². The van der Waals surface area contributed by atoms with Gasteiger partial charge in [0.05, 0.1) is 23.4 Å². The van der Waals surface area contributed by atoms with Gasteiger partial charge in [-0.1, -0.05) is 22.0 Å². The fourth-order valence-electron chi connectivity index (χ4n) is 2.62. The standard InChI is InChI=1S/C21H20BrN3O4S2/c1-2-29-18-9-7-17(8-10-18)25(31(27,28)20-11-5-16(22)6-12-20)15-21(26)24-23-14-19-4-3-13-30-19/h3-14H,2,15H2,1H3,(H,24,26)/b23-14-.